The lowest BCUT2D eigenvalue weighted by molar-refractivity contribution is 0.0981. The lowest BCUT2D eigenvalue weighted by atomic mass is 9.89. The Labute approximate surface area is 260 Å². The lowest BCUT2D eigenvalue weighted by Crippen LogP contribution is -2.32. The van der Waals surface area contributed by atoms with Gasteiger partial charge >= 0.3 is 0 Å². The molecule has 2 N–H and O–H groups in total. The van der Waals surface area contributed by atoms with Gasteiger partial charge in [-0.15, -0.1) is 0 Å². The Morgan fingerprint density at radius 3 is 2.73 bits per heavy atom. The van der Waals surface area contributed by atoms with E-state index in [9.17, 15) is 13.2 Å². The van der Waals surface area contributed by atoms with Crippen LogP contribution in [0, 0.1) is 5.92 Å². The molecule has 3 aromatic rings. The van der Waals surface area contributed by atoms with Crippen molar-refractivity contribution in [2.45, 2.75) is 84.0 Å². The summed E-state index contributed by atoms with van der Waals surface area (Å²) in [7, 11) is -3.47. The maximum Gasteiger partial charge on any atom is 0.230 e. The third-order valence-electron chi connectivity index (χ3n) is 8.10. The number of hydrogen-bond acceptors (Lipinski definition) is 9. The van der Waals surface area contributed by atoms with Gasteiger partial charge in [0.1, 0.15) is 11.6 Å². The molecule has 3 heterocycles. The highest BCUT2D eigenvalue weighted by Gasteiger charge is 2.29. The first-order chi connectivity index (χ1) is 21.1. The molecule has 0 radical (unpaired) electrons. The quantitative estimate of drug-likeness (QED) is 0.141. The number of nitrogens with zero attached hydrogens (tertiary/aromatic N) is 4. The van der Waals surface area contributed by atoms with Gasteiger partial charge in [-0.25, -0.2) is 23.4 Å². The molecule has 1 saturated carbocycles. The summed E-state index contributed by atoms with van der Waals surface area (Å²) in [4.78, 5) is 28.8. The zero-order valence-corrected chi connectivity index (χ0v) is 26.6. The maximum absolute atomic E-state index is 12.9. The Hall–Kier alpha value is -3.83. The first kappa shape index (κ1) is 31.6. The molecule has 1 aliphatic carbocycles. The van der Waals surface area contributed by atoms with Crippen LogP contribution in [0.25, 0.3) is 0 Å². The Kier molecular flexibility index (Phi) is 9.95. The average Bonchev–Trinajstić information content (AvgIpc) is 3.69. The van der Waals surface area contributed by atoms with Gasteiger partial charge in [0.05, 0.1) is 18.1 Å². The molecule has 10 nitrogen and oxygen atoms in total. The Morgan fingerprint density at radius 1 is 1.16 bits per heavy atom. The van der Waals surface area contributed by atoms with Gasteiger partial charge in [-0.2, -0.15) is 0 Å². The highest BCUT2D eigenvalue weighted by molar-refractivity contribution is 7.92. The third kappa shape index (κ3) is 8.86. The number of Topliss-reactive ketones (excluding diaryl/α,β-unsaturated/α-hetero) is 1. The van der Waals surface area contributed by atoms with Crippen molar-refractivity contribution >= 4 is 33.3 Å². The Morgan fingerprint density at radius 2 is 1.98 bits per heavy atom. The zero-order chi connectivity index (χ0) is 31.3. The third-order valence-corrected chi connectivity index (χ3v) is 8.68. The summed E-state index contributed by atoms with van der Waals surface area (Å²) >= 11 is 0. The second-order valence-electron chi connectivity index (χ2n) is 12.0. The van der Waals surface area contributed by atoms with Gasteiger partial charge in [-0.05, 0) is 62.3 Å². The molecule has 44 heavy (non-hydrogen) atoms. The van der Waals surface area contributed by atoms with Crippen LogP contribution in [0.15, 0.2) is 60.9 Å². The van der Waals surface area contributed by atoms with Crippen LogP contribution in [0.5, 0.6) is 5.75 Å². The van der Waals surface area contributed by atoms with Gasteiger partial charge in [-0.1, -0.05) is 38.5 Å². The van der Waals surface area contributed by atoms with E-state index in [2.05, 4.69) is 45.3 Å². The number of sulfonamides is 1. The summed E-state index contributed by atoms with van der Waals surface area (Å²) in [6, 6.07) is 11.4. The van der Waals surface area contributed by atoms with Crippen molar-refractivity contribution in [2.24, 2.45) is 5.92 Å². The van der Waals surface area contributed by atoms with Crippen LogP contribution >= 0.6 is 0 Å². The maximum atomic E-state index is 12.9. The minimum atomic E-state index is -3.47. The molecule has 0 saturated heterocycles. The fourth-order valence-corrected chi connectivity index (χ4v) is 6.01. The average molecular weight is 619 g/mol. The molecule has 0 spiro atoms. The minimum Gasteiger partial charge on any atom is -0.490 e. The predicted octanol–water partition coefficient (Wildman–Crippen LogP) is 6.26. The van der Waals surface area contributed by atoms with Gasteiger partial charge in [-0.3, -0.25) is 14.4 Å². The van der Waals surface area contributed by atoms with Crippen LogP contribution in [0.2, 0.25) is 0 Å². The number of allylic oxidation sites excluding steroid dienone is 1. The largest absolute Gasteiger partial charge is 0.490 e. The monoisotopic (exact) mass is 618 g/mol. The molecule has 2 aliphatic rings. The zero-order valence-electron chi connectivity index (χ0n) is 25.8. The van der Waals surface area contributed by atoms with E-state index in [4.69, 9.17) is 9.72 Å². The summed E-state index contributed by atoms with van der Waals surface area (Å²) in [5.41, 5.74) is 4.58. The van der Waals surface area contributed by atoms with E-state index in [1.54, 1.807) is 6.07 Å². The van der Waals surface area contributed by atoms with Crippen molar-refractivity contribution in [3.05, 3.63) is 77.8 Å². The van der Waals surface area contributed by atoms with Crippen molar-refractivity contribution in [3.63, 3.8) is 0 Å². The fourth-order valence-electron chi connectivity index (χ4n) is 5.52. The number of ketones is 1. The van der Waals surface area contributed by atoms with Gasteiger partial charge in [0.2, 0.25) is 16.0 Å². The standard InChI is InChI=1S/C33H42N6O4S/c1-5-7-27(16-23(3)22(2)10-13-31(40)24-14-15-34-32(17-24)38-44(4,41)42)39-20-25-19-35-33(37-30(25)21-39)36-26-8-6-9-29(18-26)43-28-11-12-28/h6,8-9,14-15,17-19,23,27-28H,2,5,7,10-13,16,20-21H2,1,3-4H3,(H,34,38)(H,35,36,37)/t23-,27+/m1/s1. The second kappa shape index (κ2) is 13.9. The molecule has 2 atom stereocenters. The molecule has 0 bridgehead atoms. The van der Waals surface area contributed by atoms with Crippen molar-refractivity contribution in [3.8, 4) is 5.75 Å². The van der Waals surface area contributed by atoms with Gasteiger partial charge in [0.25, 0.3) is 0 Å². The molecule has 0 amide bonds. The number of nitrogens with one attached hydrogen (secondary N) is 2. The first-order valence-electron chi connectivity index (χ1n) is 15.3. The number of pyridine rings is 1. The number of hydrogen-bond donors (Lipinski definition) is 2. The van der Waals surface area contributed by atoms with Crippen molar-refractivity contribution in [1.82, 2.24) is 19.9 Å². The van der Waals surface area contributed by atoms with Crippen molar-refractivity contribution < 1.29 is 17.9 Å². The molecule has 2 aromatic heterocycles. The highest BCUT2D eigenvalue weighted by atomic mass is 32.2. The molecule has 1 aliphatic heterocycles. The predicted molar refractivity (Wildman–Crippen MR) is 173 cm³/mol. The fraction of sp³-hybridized carbons (Fsp3) is 0.455. The minimum absolute atomic E-state index is 0.0671. The van der Waals surface area contributed by atoms with Crippen molar-refractivity contribution in [1.29, 1.82) is 0 Å². The summed E-state index contributed by atoms with van der Waals surface area (Å²) in [6.45, 7) is 10.3. The van der Waals surface area contributed by atoms with Crippen LogP contribution in [0.1, 0.15) is 80.4 Å². The highest BCUT2D eigenvalue weighted by Crippen LogP contribution is 2.32. The van der Waals surface area contributed by atoms with E-state index in [-0.39, 0.29) is 17.5 Å². The van der Waals surface area contributed by atoms with Crippen LogP contribution < -0.4 is 14.8 Å². The van der Waals surface area contributed by atoms with Crippen LogP contribution in [-0.2, 0) is 23.1 Å². The summed E-state index contributed by atoms with van der Waals surface area (Å²) in [5.74, 6) is 1.75. The summed E-state index contributed by atoms with van der Waals surface area (Å²) in [6.07, 6.45) is 11.0. The number of fused-ring (bicyclic) bond motifs is 1. The van der Waals surface area contributed by atoms with Crippen LogP contribution in [-0.4, -0.2) is 52.5 Å². The normalized spacial score (nSPS) is 16.2. The molecule has 11 heteroatoms. The molecular weight excluding hydrogens is 576 g/mol. The van der Waals surface area contributed by atoms with Crippen LogP contribution in [0.4, 0.5) is 17.5 Å². The first-order valence-corrected chi connectivity index (χ1v) is 17.2. The number of anilines is 3. The van der Waals surface area contributed by atoms with Crippen molar-refractivity contribution in [2.75, 3.05) is 16.3 Å². The molecule has 1 aromatic carbocycles. The molecule has 1 fully saturated rings. The SMILES string of the molecule is C=C(CCC(=O)c1ccnc(NS(C)(=O)=O)c1)[C@H](C)C[C@H](CCC)N1Cc2cnc(Nc3cccc(OC4CC4)c3)nc2C1. The number of aromatic nitrogens is 3. The topological polar surface area (TPSA) is 126 Å². The van der Waals surface area contributed by atoms with Gasteiger partial charge in [0.15, 0.2) is 5.78 Å². The van der Waals surface area contributed by atoms with E-state index >= 15 is 0 Å². The van der Waals surface area contributed by atoms with E-state index < -0.39 is 10.0 Å². The second-order valence-corrected chi connectivity index (χ2v) is 13.8. The summed E-state index contributed by atoms with van der Waals surface area (Å²) < 4.78 is 31.3. The number of benzene rings is 1. The Bertz CT molecular complexity index is 1610. The number of carbonyl (C=O) groups is 1. The Balaban J connectivity index is 1.14. The van der Waals surface area contributed by atoms with E-state index in [1.165, 1.54) is 12.3 Å². The van der Waals surface area contributed by atoms with E-state index in [1.807, 2.05) is 30.5 Å². The van der Waals surface area contributed by atoms with Gasteiger partial charge < -0.3 is 10.1 Å². The van der Waals surface area contributed by atoms with E-state index in [0.717, 1.165) is 79.7 Å². The number of ether oxygens (including phenoxy) is 1. The molecule has 0 unspecified atom stereocenters. The lowest BCUT2D eigenvalue weighted by Gasteiger charge is -2.30. The molecule has 234 valence electrons. The van der Waals surface area contributed by atoms with Gasteiger partial charge in [0, 0.05) is 60.8 Å². The molecular formula is C33H42N6O4S. The van der Waals surface area contributed by atoms with E-state index in [0.29, 0.717) is 36.5 Å². The van der Waals surface area contributed by atoms with Crippen LogP contribution in [0.3, 0.4) is 0 Å². The molecule has 5 rings (SSSR count). The number of rotatable bonds is 16. The summed E-state index contributed by atoms with van der Waals surface area (Å²) in [5, 5.41) is 3.34. The number of carbonyl (C=O) groups excluding carboxylic acids is 1. The smallest absolute Gasteiger partial charge is 0.230 e.